The molecule has 0 aliphatic carbocycles. The number of hydrogen-bond donors (Lipinski definition) is 0. The molecule has 3 heterocycles. The van der Waals surface area contributed by atoms with Crippen molar-refractivity contribution in [2.24, 2.45) is 0 Å². The third kappa shape index (κ3) is 3.20. The Hall–Kier alpha value is -2.42. The van der Waals surface area contributed by atoms with Crippen molar-refractivity contribution in [3.05, 3.63) is 61.5 Å². The van der Waals surface area contributed by atoms with Gasteiger partial charge in [0.25, 0.3) is 0 Å². The second-order valence-electron chi connectivity index (χ2n) is 5.38. The average Bonchev–Trinajstić information content (AvgIpc) is 3.07. The summed E-state index contributed by atoms with van der Waals surface area (Å²) in [5, 5.41) is 5.21. The molecule has 7 nitrogen and oxygen atoms in total. The molecule has 0 saturated carbocycles. The van der Waals surface area contributed by atoms with Crippen LogP contribution in [0.25, 0.3) is 28.3 Å². The normalized spacial score (nSPS) is 11.1. The number of ether oxygens (including phenoxy) is 1. The van der Waals surface area contributed by atoms with Crippen LogP contribution in [0.15, 0.2) is 50.2 Å². The number of fused-ring (bicyclic) bond motifs is 1. The number of benzene rings is 1. The topological polar surface area (TPSA) is 83.0 Å². The average molecular weight is 468 g/mol. The number of pyridine rings is 1. The lowest BCUT2D eigenvalue weighted by molar-refractivity contribution is 0.394. The number of nitrogens with zero attached hydrogens (tertiary/aromatic N) is 4. The summed E-state index contributed by atoms with van der Waals surface area (Å²) in [6, 6.07) is 8.16. The first kappa shape index (κ1) is 18.0. The maximum atomic E-state index is 12.5. The van der Waals surface area contributed by atoms with Crippen molar-refractivity contribution in [2.45, 2.75) is 0 Å². The SMILES string of the molecule is COc1cc(-c2nc3c(Cl)cc(Br)cc3c(=O)o2)n(-c2ncccc2Cl)n1. The van der Waals surface area contributed by atoms with Gasteiger partial charge in [0.1, 0.15) is 11.2 Å². The maximum absolute atomic E-state index is 12.5. The molecule has 0 saturated heterocycles. The van der Waals surface area contributed by atoms with E-state index in [4.69, 9.17) is 32.4 Å². The smallest absolute Gasteiger partial charge is 0.347 e. The van der Waals surface area contributed by atoms with Gasteiger partial charge in [0, 0.05) is 16.7 Å². The monoisotopic (exact) mass is 466 g/mol. The highest BCUT2D eigenvalue weighted by Gasteiger charge is 2.20. The van der Waals surface area contributed by atoms with Gasteiger partial charge in [0.15, 0.2) is 5.82 Å². The van der Waals surface area contributed by atoms with E-state index in [1.807, 2.05) is 0 Å². The molecular weight excluding hydrogens is 459 g/mol. The van der Waals surface area contributed by atoms with Gasteiger partial charge in [0.05, 0.1) is 22.5 Å². The minimum atomic E-state index is -0.586. The molecule has 0 radical (unpaired) electrons. The van der Waals surface area contributed by atoms with Crippen LogP contribution >= 0.6 is 39.1 Å². The molecule has 27 heavy (non-hydrogen) atoms. The van der Waals surface area contributed by atoms with E-state index < -0.39 is 5.63 Å². The molecule has 0 atom stereocenters. The van der Waals surface area contributed by atoms with E-state index >= 15 is 0 Å². The van der Waals surface area contributed by atoms with Crippen LogP contribution in [0.3, 0.4) is 0 Å². The second-order valence-corrected chi connectivity index (χ2v) is 7.11. The van der Waals surface area contributed by atoms with Crippen molar-refractivity contribution < 1.29 is 9.15 Å². The molecule has 0 aliphatic rings. The highest BCUT2D eigenvalue weighted by atomic mass is 79.9. The summed E-state index contributed by atoms with van der Waals surface area (Å²) in [5.74, 6) is 0.622. The molecule has 0 N–H and O–H groups in total. The highest BCUT2D eigenvalue weighted by molar-refractivity contribution is 9.10. The molecule has 0 aliphatic heterocycles. The van der Waals surface area contributed by atoms with E-state index in [0.717, 1.165) is 0 Å². The molecule has 0 bridgehead atoms. The third-order valence-electron chi connectivity index (χ3n) is 3.71. The van der Waals surface area contributed by atoms with Gasteiger partial charge in [-0.05, 0) is 24.3 Å². The van der Waals surface area contributed by atoms with Crippen molar-refractivity contribution in [1.82, 2.24) is 19.7 Å². The van der Waals surface area contributed by atoms with Gasteiger partial charge < -0.3 is 9.15 Å². The first-order chi connectivity index (χ1) is 13.0. The molecule has 0 fully saturated rings. The van der Waals surface area contributed by atoms with Crippen molar-refractivity contribution in [1.29, 1.82) is 0 Å². The molecule has 3 aromatic heterocycles. The molecule has 0 amide bonds. The van der Waals surface area contributed by atoms with Crippen LogP contribution in [0.5, 0.6) is 5.88 Å². The number of aromatic nitrogens is 4. The quantitative estimate of drug-likeness (QED) is 0.440. The summed E-state index contributed by atoms with van der Waals surface area (Å²) in [4.78, 5) is 21.1. The van der Waals surface area contributed by atoms with Gasteiger partial charge in [-0.3, -0.25) is 0 Å². The first-order valence-electron chi connectivity index (χ1n) is 7.53. The molecule has 0 unspecified atom stereocenters. The standard InChI is InChI=1S/C17H9BrCl2N4O3/c1-26-13-7-12(24(23-13)15-10(19)3-2-4-21-15)16-22-14-9(17(25)27-16)5-8(18)6-11(14)20/h2-7H,1H3. The number of hydrogen-bond acceptors (Lipinski definition) is 6. The van der Waals surface area contributed by atoms with Crippen molar-refractivity contribution >= 4 is 50.0 Å². The van der Waals surface area contributed by atoms with Gasteiger partial charge in [-0.2, -0.15) is 0 Å². The molecule has 1 aromatic carbocycles. The summed E-state index contributed by atoms with van der Waals surface area (Å²) < 4.78 is 12.6. The van der Waals surface area contributed by atoms with Crippen LogP contribution in [-0.4, -0.2) is 26.9 Å². The summed E-state index contributed by atoms with van der Waals surface area (Å²) in [6.45, 7) is 0. The fourth-order valence-electron chi connectivity index (χ4n) is 2.52. The lowest BCUT2D eigenvalue weighted by atomic mass is 10.2. The summed E-state index contributed by atoms with van der Waals surface area (Å²) in [7, 11) is 1.47. The van der Waals surface area contributed by atoms with E-state index in [-0.39, 0.29) is 17.2 Å². The second kappa shape index (κ2) is 6.95. The predicted octanol–water partition coefficient (Wildman–Crippen LogP) is 4.51. The van der Waals surface area contributed by atoms with Crippen LogP contribution in [0.2, 0.25) is 10.0 Å². The van der Waals surface area contributed by atoms with Gasteiger partial charge in [-0.25, -0.2) is 19.4 Å². The molecule has 136 valence electrons. The first-order valence-corrected chi connectivity index (χ1v) is 9.08. The fraction of sp³-hybridized carbons (Fsp3) is 0.0588. The Morgan fingerprint density at radius 1 is 1.22 bits per heavy atom. The van der Waals surface area contributed by atoms with Crippen LogP contribution in [0, 0.1) is 0 Å². The van der Waals surface area contributed by atoms with Crippen molar-refractivity contribution in [3.8, 4) is 23.3 Å². The highest BCUT2D eigenvalue weighted by Crippen LogP contribution is 2.30. The fourth-order valence-corrected chi connectivity index (χ4v) is 3.57. The predicted molar refractivity (Wildman–Crippen MR) is 105 cm³/mol. The van der Waals surface area contributed by atoms with Crippen molar-refractivity contribution in [2.75, 3.05) is 7.11 Å². The summed E-state index contributed by atoms with van der Waals surface area (Å²) >= 11 is 15.8. The van der Waals surface area contributed by atoms with E-state index in [2.05, 4.69) is 31.0 Å². The zero-order valence-electron chi connectivity index (χ0n) is 13.6. The zero-order valence-corrected chi connectivity index (χ0v) is 16.7. The minimum absolute atomic E-state index is 0.00856. The third-order valence-corrected chi connectivity index (χ3v) is 4.75. The van der Waals surface area contributed by atoms with Gasteiger partial charge in [-0.1, -0.05) is 39.1 Å². The van der Waals surface area contributed by atoms with E-state index in [9.17, 15) is 4.79 Å². The Bertz CT molecular complexity index is 1240. The molecule has 10 heteroatoms. The largest absolute Gasteiger partial charge is 0.480 e. The summed E-state index contributed by atoms with van der Waals surface area (Å²) in [5.41, 5.74) is 0.0624. The lowest BCUT2D eigenvalue weighted by Crippen LogP contribution is -2.07. The van der Waals surface area contributed by atoms with Gasteiger partial charge in [-0.15, -0.1) is 5.10 Å². The van der Waals surface area contributed by atoms with E-state index in [0.29, 0.717) is 31.5 Å². The van der Waals surface area contributed by atoms with Crippen LogP contribution in [-0.2, 0) is 0 Å². The lowest BCUT2D eigenvalue weighted by Gasteiger charge is -2.07. The summed E-state index contributed by atoms with van der Waals surface area (Å²) in [6.07, 6.45) is 1.57. The van der Waals surface area contributed by atoms with Crippen LogP contribution < -0.4 is 10.4 Å². The Labute approximate surface area is 170 Å². The Kier molecular flexibility index (Phi) is 4.63. The van der Waals surface area contributed by atoms with Gasteiger partial charge >= 0.3 is 5.63 Å². The molecule has 4 aromatic rings. The van der Waals surface area contributed by atoms with Gasteiger partial charge in [0.2, 0.25) is 11.8 Å². The zero-order chi connectivity index (χ0) is 19.1. The number of rotatable bonds is 3. The minimum Gasteiger partial charge on any atom is -0.480 e. The van der Waals surface area contributed by atoms with Crippen LogP contribution in [0.4, 0.5) is 0 Å². The maximum Gasteiger partial charge on any atom is 0.347 e. The van der Waals surface area contributed by atoms with Crippen LogP contribution in [0.1, 0.15) is 0 Å². The Morgan fingerprint density at radius 3 is 2.78 bits per heavy atom. The molecule has 0 spiro atoms. The van der Waals surface area contributed by atoms with Crippen molar-refractivity contribution in [3.63, 3.8) is 0 Å². The number of halogens is 3. The Balaban J connectivity index is 2.01. The number of methoxy groups -OCH3 is 1. The molecular formula is C17H9BrCl2N4O3. The van der Waals surface area contributed by atoms with E-state index in [1.54, 1.807) is 36.5 Å². The Morgan fingerprint density at radius 2 is 2.04 bits per heavy atom. The van der Waals surface area contributed by atoms with E-state index in [1.165, 1.54) is 11.8 Å². The molecule has 4 rings (SSSR count).